The minimum atomic E-state index is -0.144. The van der Waals surface area contributed by atoms with Gasteiger partial charge in [-0.2, -0.15) is 0 Å². The van der Waals surface area contributed by atoms with E-state index in [4.69, 9.17) is 5.73 Å². The van der Waals surface area contributed by atoms with Crippen molar-refractivity contribution in [3.63, 3.8) is 0 Å². The summed E-state index contributed by atoms with van der Waals surface area (Å²) in [5, 5.41) is 2.91. The van der Waals surface area contributed by atoms with Gasteiger partial charge in [-0.05, 0) is 18.9 Å². The highest BCUT2D eigenvalue weighted by Crippen LogP contribution is 2.09. The number of hydrogen-bond acceptors (Lipinski definition) is 3. The molecule has 0 saturated heterocycles. The van der Waals surface area contributed by atoms with Crippen LogP contribution in [-0.2, 0) is 0 Å². The van der Waals surface area contributed by atoms with Crippen LogP contribution in [0.25, 0.3) is 0 Å². The topological polar surface area (TPSA) is 68.0 Å². The van der Waals surface area contributed by atoms with E-state index in [0.717, 1.165) is 12.8 Å². The lowest BCUT2D eigenvalue weighted by Crippen LogP contribution is -2.34. The Bertz CT molecular complexity index is 334. The highest BCUT2D eigenvalue weighted by atomic mass is 16.1. The summed E-state index contributed by atoms with van der Waals surface area (Å²) in [5.41, 5.74) is 6.59. The molecule has 0 aliphatic rings. The predicted octanol–water partition coefficient (Wildman–Crippen LogP) is 1.58. The van der Waals surface area contributed by atoms with Crippen molar-refractivity contribution in [1.82, 2.24) is 10.3 Å². The third-order valence-electron chi connectivity index (χ3n) is 2.42. The first-order valence-electron chi connectivity index (χ1n) is 5.19. The Morgan fingerprint density at radius 1 is 1.53 bits per heavy atom. The van der Waals surface area contributed by atoms with Gasteiger partial charge in [0.25, 0.3) is 5.91 Å². The van der Waals surface area contributed by atoms with E-state index >= 15 is 0 Å². The second-order valence-electron chi connectivity index (χ2n) is 3.45. The van der Waals surface area contributed by atoms with Crippen LogP contribution in [0.4, 0.5) is 5.69 Å². The van der Waals surface area contributed by atoms with Gasteiger partial charge in [0.1, 0.15) is 0 Å². The van der Waals surface area contributed by atoms with Crippen LogP contribution in [0.15, 0.2) is 18.5 Å². The number of hydrogen-bond donors (Lipinski definition) is 2. The van der Waals surface area contributed by atoms with Crippen molar-refractivity contribution >= 4 is 11.6 Å². The van der Waals surface area contributed by atoms with Crippen LogP contribution in [-0.4, -0.2) is 16.9 Å². The number of nitrogens with two attached hydrogens (primary N) is 1. The molecule has 0 aliphatic carbocycles. The Morgan fingerprint density at radius 2 is 2.20 bits per heavy atom. The predicted molar refractivity (Wildman–Crippen MR) is 60.5 cm³/mol. The van der Waals surface area contributed by atoms with Gasteiger partial charge in [0.15, 0.2) is 0 Å². The zero-order valence-corrected chi connectivity index (χ0v) is 9.16. The maximum absolute atomic E-state index is 11.8. The van der Waals surface area contributed by atoms with Crippen molar-refractivity contribution in [2.45, 2.75) is 32.7 Å². The Kier molecular flexibility index (Phi) is 4.09. The normalized spacial score (nSPS) is 10.3. The molecule has 0 unspecified atom stereocenters. The summed E-state index contributed by atoms with van der Waals surface area (Å²) in [5.74, 6) is -0.144. The van der Waals surface area contributed by atoms with Crippen molar-refractivity contribution in [3.05, 3.63) is 24.0 Å². The smallest absolute Gasteiger partial charge is 0.255 e. The third kappa shape index (κ3) is 2.94. The van der Waals surface area contributed by atoms with Gasteiger partial charge in [0, 0.05) is 24.1 Å². The van der Waals surface area contributed by atoms with Crippen LogP contribution >= 0.6 is 0 Å². The minimum absolute atomic E-state index is 0.144. The molecule has 3 N–H and O–H groups in total. The molecule has 1 aromatic rings. The average Bonchev–Trinajstić information content (AvgIpc) is 2.26. The highest BCUT2D eigenvalue weighted by Gasteiger charge is 2.12. The number of aromatic nitrogens is 1. The Balaban J connectivity index is 2.73. The van der Waals surface area contributed by atoms with E-state index in [0.29, 0.717) is 11.3 Å². The summed E-state index contributed by atoms with van der Waals surface area (Å²) in [6.07, 6.45) is 4.90. The molecule has 0 aromatic carbocycles. The van der Waals surface area contributed by atoms with Crippen LogP contribution in [0, 0.1) is 0 Å². The first-order valence-corrected chi connectivity index (χ1v) is 5.19. The third-order valence-corrected chi connectivity index (χ3v) is 2.42. The molecule has 0 bridgehead atoms. The van der Waals surface area contributed by atoms with Crippen LogP contribution in [0.3, 0.4) is 0 Å². The molecule has 4 nitrogen and oxygen atoms in total. The molecule has 1 rings (SSSR count). The van der Waals surface area contributed by atoms with E-state index in [2.05, 4.69) is 10.3 Å². The van der Waals surface area contributed by atoms with Gasteiger partial charge in [0.05, 0.1) is 5.56 Å². The SMILES string of the molecule is CCC(CC)NC(=O)c1cnccc1N. The standard InChI is InChI=1S/C11H17N3O/c1-3-8(4-2)14-11(15)9-7-13-6-5-10(9)12/h5-8H,3-4H2,1-2H3,(H2,12,13)(H,14,15). The summed E-state index contributed by atoms with van der Waals surface area (Å²) in [4.78, 5) is 15.6. The van der Waals surface area contributed by atoms with Gasteiger partial charge in [0.2, 0.25) is 0 Å². The van der Waals surface area contributed by atoms with E-state index in [-0.39, 0.29) is 11.9 Å². The van der Waals surface area contributed by atoms with Crippen molar-refractivity contribution < 1.29 is 4.79 Å². The molecule has 0 aliphatic heterocycles. The number of rotatable bonds is 4. The number of nitrogens with one attached hydrogen (secondary N) is 1. The van der Waals surface area contributed by atoms with E-state index in [1.54, 1.807) is 12.3 Å². The van der Waals surface area contributed by atoms with Gasteiger partial charge < -0.3 is 11.1 Å². The summed E-state index contributed by atoms with van der Waals surface area (Å²) in [6, 6.07) is 1.83. The molecule has 0 atom stereocenters. The Morgan fingerprint density at radius 3 is 2.73 bits per heavy atom. The molecule has 15 heavy (non-hydrogen) atoms. The molecule has 0 radical (unpaired) electrons. The van der Waals surface area contributed by atoms with Crippen LogP contribution in [0.2, 0.25) is 0 Å². The highest BCUT2D eigenvalue weighted by molar-refractivity contribution is 5.98. The molecule has 82 valence electrons. The quantitative estimate of drug-likeness (QED) is 0.787. The Labute approximate surface area is 89.9 Å². The lowest BCUT2D eigenvalue weighted by atomic mass is 10.1. The van der Waals surface area contributed by atoms with Crippen LogP contribution in [0.5, 0.6) is 0 Å². The van der Waals surface area contributed by atoms with E-state index in [1.165, 1.54) is 6.20 Å². The van der Waals surface area contributed by atoms with Gasteiger partial charge in [-0.3, -0.25) is 9.78 Å². The van der Waals surface area contributed by atoms with Gasteiger partial charge in [-0.15, -0.1) is 0 Å². The van der Waals surface area contributed by atoms with Crippen molar-refractivity contribution in [2.75, 3.05) is 5.73 Å². The number of amides is 1. The molecule has 1 aromatic heterocycles. The second kappa shape index (κ2) is 5.34. The number of carbonyl (C=O) groups excluding carboxylic acids is 1. The number of carbonyl (C=O) groups is 1. The summed E-state index contributed by atoms with van der Waals surface area (Å²) in [6.45, 7) is 4.09. The first-order chi connectivity index (χ1) is 7.19. The molecule has 1 heterocycles. The number of pyridine rings is 1. The monoisotopic (exact) mass is 207 g/mol. The fourth-order valence-electron chi connectivity index (χ4n) is 1.35. The second-order valence-corrected chi connectivity index (χ2v) is 3.45. The number of nitrogen functional groups attached to an aromatic ring is 1. The van der Waals surface area contributed by atoms with E-state index in [9.17, 15) is 4.79 Å². The minimum Gasteiger partial charge on any atom is -0.398 e. The average molecular weight is 207 g/mol. The molecule has 0 fully saturated rings. The van der Waals surface area contributed by atoms with Crippen LogP contribution < -0.4 is 11.1 Å². The fraction of sp³-hybridized carbons (Fsp3) is 0.455. The molecule has 0 saturated carbocycles. The molecule has 0 spiro atoms. The number of anilines is 1. The first kappa shape index (κ1) is 11.5. The van der Waals surface area contributed by atoms with Crippen molar-refractivity contribution in [2.24, 2.45) is 0 Å². The summed E-state index contributed by atoms with van der Waals surface area (Å²) in [7, 11) is 0. The largest absolute Gasteiger partial charge is 0.398 e. The Hall–Kier alpha value is -1.58. The van der Waals surface area contributed by atoms with E-state index < -0.39 is 0 Å². The molecular weight excluding hydrogens is 190 g/mol. The van der Waals surface area contributed by atoms with Crippen molar-refractivity contribution in [3.8, 4) is 0 Å². The zero-order valence-electron chi connectivity index (χ0n) is 9.16. The van der Waals surface area contributed by atoms with Gasteiger partial charge in [-0.1, -0.05) is 13.8 Å². The van der Waals surface area contributed by atoms with E-state index in [1.807, 2.05) is 13.8 Å². The van der Waals surface area contributed by atoms with Gasteiger partial charge in [-0.25, -0.2) is 0 Å². The summed E-state index contributed by atoms with van der Waals surface area (Å²) < 4.78 is 0. The molecule has 1 amide bonds. The maximum Gasteiger partial charge on any atom is 0.255 e. The van der Waals surface area contributed by atoms with Crippen LogP contribution in [0.1, 0.15) is 37.0 Å². The maximum atomic E-state index is 11.8. The zero-order chi connectivity index (χ0) is 11.3. The van der Waals surface area contributed by atoms with Crippen molar-refractivity contribution in [1.29, 1.82) is 0 Å². The number of nitrogens with zero attached hydrogens (tertiary/aromatic N) is 1. The van der Waals surface area contributed by atoms with Gasteiger partial charge >= 0.3 is 0 Å². The lowest BCUT2D eigenvalue weighted by molar-refractivity contribution is 0.0935. The molecule has 4 heteroatoms. The molecular formula is C11H17N3O. The lowest BCUT2D eigenvalue weighted by Gasteiger charge is -2.15. The summed E-state index contributed by atoms with van der Waals surface area (Å²) >= 11 is 0. The fourth-order valence-corrected chi connectivity index (χ4v) is 1.35.